The summed E-state index contributed by atoms with van der Waals surface area (Å²) in [5.41, 5.74) is 3.21. The molecule has 2 saturated heterocycles. The minimum Gasteiger partial charge on any atom is -0.351 e. The number of amides is 3. The third-order valence-corrected chi connectivity index (χ3v) is 8.38. The largest absolute Gasteiger partial charge is 0.351 e. The summed E-state index contributed by atoms with van der Waals surface area (Å²) < 4.78 is 0. The molecule has 0 spiro atoms. The molecule has 4 aromatic rings. The van der Waals surface area contributed by atoms with Crippen molar-refractivity contribution in [1.29, 1.82) is 0 Å². The molecule has 8 nitrogen and oxygen atoms in total. The number of carbonyl (C=O) groups excluding carboxylic acids is 3. The highest BCUT2D eigenvalue weighted by Crippen LogP contribution is 2.35. The molecule has 41 heavy (non-hydrogen) atoms. The molecule has 2 aliphatic rings. The maximum absolute atomic E-state index is 13.9. The summed E-state index contributed by atoms with van der Waals surface area (Å²) in [5, 5.41) is 3.95. The Labute approximate surface area is 239 Å². The Balaban J connectivity index is 1.14. The van der Waals surface area contributed by atoms with Gasteiger partial charge in [-0.05, 0) is 35.6 Å². The van der Waals surface area contributed by atoms with Gasteiger partial charge in [0.25, 0.3) is 11.8 Å². The van der Waals surface area contributed by atoms with Crippen LogP contribution in [0.15, 0.2) is 79.0 Å². The van der Waals surface area contributed by atoms with Crippen molar-refractivity contribution >= 4 is 28.6 Å². The van der Waals surface area contributed by atoms with E-state index >= 15 is 0 Å². The molecule has 0 saturated carbocycles. The zero-order valence-corrected chi connectivity index (χ0v) is 23.6. The Morgan fingerprint density at radius 1 is 0.951 bits per heavy atom. The Kier molecular flexibility index (Phi) is 6.85. The van der Waals surface area contributed by atoms with Crippen LogP contribution in [0.3, 0.4) is 0 Å². The number of nitrogens with one attached hydrogen (secondary N) is 2. The number of aromatic amines is 1. The van der Waals surface area contributed by atoms with E-state index in [2.05, 4.69) is 15.3 Å². The normalized spacial score (nSPS) is 19.3. The highest BCUT2D eigenvalue weighted by Gasteiger charge is 2.49. The number of likely N-dealkylation sites (tertiary alicyclic amines) is 2. The first-order chi connectivity index (χ1) is 19.7. The molecule has 210 valence electrons. The first kappa shape index (κ1) is 26.7. The number of fused-ring (bicyclic) bond motifs is 2. The molecular formula is C33H35N5O3. The van der Waals surface area contributed by atoms with Crippen LogP contribution >= 0.6 is 0 Å². The van der Waals surface area contributed by atoms with Gasteiger partial charge in [-0.25, -0.2) is 0 Å². The van der Waals surface area contributed by atoms with Crippen LogP contribution in [0.4, 0.5) is 0 Å². The number of carbonyl (C=O) groups is 3. The van der Waals surface area contributed by atoms with Crippen LogP contribution in [0.2, 0.25) is 0 Å². The van der Waals surface area contributed by atoms with Crippen molar-refractivity contribution < 1.29 is 14.4 Å². The molecular weight excluding hydrogens is 514 g/mol. The number of piperidine rings is 1. The molecule has 2 aromatic carbocycles. The Bertz CT molecular complexity index is 1560. The average molecular weight is 550 g/mol. The van der Waals surface area contributed by atoms with E-state index in [-0.39, 0.29) is 23.8 Å². The van der Waals surface area contributed by atoms with Crippen LogP contribution in [-0.2, 0) is 4.79 Å². The van der Waals surface area contributed by atoms with Gasteiger partial charge in [-0.2, -0.15) is 0 Å². The minimum absolute atomic E-state index is 0.0707. The molecule has 0 radical (unpaired) electrons. The lowest BCUT2D eigenvalue weighted by molar-refractivity contribution is -0.152. The fraction of sp³-hybridized carbons (Fsp3) is 0.333. The molecule has 2 aromatic heterocycles. The van der Waals surface area contributed by atoms with Crippen LogP contribution < -0.4 is 5.32 Å². The monoisotopic (exact) mass is 549 g/mol. The maximum Gasteiger partial charge on any atom is 0.272 e. The third-order valence-electron chi connectivity index (χ3n) is 8.38. The number of hydrogen-bond acceptors (Lipinski definition) is 4. The van der Waals surface area contributed by atoms with Crippen molar-refractivity contribution in [2.45, 2.75) is 39.3 Å². The number of H-pyrrole nitrogens is 1. The second-order valence-corrected chi connectivity index (χ2v) is 12.2. The lowest BCUT2D eigenvalue weighted by Crippen LogP contribution is -2.69. The van der Waals surface area contributed by atoms with Crippen LogP contribution in [0, 0.1) is 11.3 Å². The van der Waals surface area contributed by atoms with E-state index in [1.165, 1.54) is 0 Å². The van der Waals surface area contributed by atoms with E-state index in [0.29, 0.717) is 36.9 Å². The maximum atomic E-state index is 13.9. The Hall–Kier alpha value is -4.46. The van der Waals surface area contributed by atoms with Gasteiger partial charge in [-0.3, -0.25) is 19.4 Å². The first-order valence-electron chi connectivity index (χ1n) is 14.2. The fourth-order valence-electron chi connectivity index (χ4n) is 5.94. The van der Waals surface area contributed by atoms with Crippen molar-refractivity contribution in [3.63, 3.8) is 0 Å². The SMILES string of the molecule is CC(C)(C)[C@H](NC(=O)c1cc2ccccc2[nH]1)C(=O)N1CC2CCN(C(=O)c3ccc(-c4ccccc4)cn3)C[C@@H]21. The molecule has 1 unspecified atom stereocenters. The summed E-state index contributed by atoms with van der Waals surface area (Å²) >= 11 is 0. The van der Waals surface area contributed by atoms with E-state index in [1.54, 1.807) is 23.2 Å². The third kappa shape index (κ3) is 5.22. The molecule has 4 heterocycles. The lowest BCUT2D eigenvalue weighted by Gasteiger charge is -2.54. The zero-order chi connectivity index (χ0) is 28.7. The van der Waals surface area contributed by atoms with E-state index in [1.807, 2.05) is 86.3 Å². The highest BCUT2D eigenvalue weighted by atomic mass is 16.2. The minimum atomic E-state index is -0.708. The summed E-state index contributed by atoms with van der Waals surface area (Å²) in [7, 11) is 0. The summed E-state index contributed by atoms with van der Waals surface area (Å²) in [4.78, 5) is 51.7. The second kappa shape index (κ2) is 10.5. The van der Waals surface area contributed by atoms with Gasteiger partial charge in [0.1, 0.15) is 17.4 Å². The predicted molar refractivity (Wildman–Crippen MR) is 158 cm³/mol. The van der Waals surface area contributed by atoms with E-state index < -0.39 is 11.5 Å². The molecule has 2 N–H and O–H groups in total. The van der Waals surface area contributed by atoms with Gasteiger partial charge in [-0.1, -0.05) is 75.4 Å². The van der Waals surface area contributed by atoms with E-state index in [4.69, 9.17) is 0 Å². The topological polar surface area (TPSA) is 98.4 Å². The van der Waals surface area contributed by atoms with Crippen molar-refractivity contribution in [3.05, 3.63) is 90.4 Å². The highest BCUT2D eigenvalue weighted by molar-refractivity contribution is 6.00. The number of rotatable bonds is 5. The first-order valence-corrected chi connectivity index (χ1v) is 14.2. The molecule has 0 bridgehead atoms. The Morgan fingerprint density at radius 3 is 2.41 bits per heavy atom. The van der Waals surface area contributed by atoms with Gasteiger partial charge in [0.15, 0.2) is 0 Å². The van der Waals surface area contributed by atoms with Gasteiger partial charge in [0.05, 0.1) is 6.04 Å². The van der Waals surface area contributed by atoms with Crippen LogP contribution in [0.1, 0.15) is 48.2 Å². The summed E-state index contributed by atoms with van der Waals surface area (Å²) in [6.07, 6.45) is 2.57. The van der Waals surface area contributed by atoms with Gasteiger partial charge in [0, 0.05) is 48.2 Å². The zero-order valence-electron chi connectivity index (χ0n) is 23.6. The smallest absolute Gasteiger partial charge is 0.272 e. The number of hydrogen-bond donors (Lipinski definition) is 2. The molecule has 3 amide bonds. The summed E-state index contributed by atoms with van der Waals surface area (Å²) in [6.45, 7) is 7.62. The summed E-state index contributed by atoms with van der Waals surface area (Å²) in [6, 6.07) is 22.4. The average Bonchev–Trinajstić information content (AvgIpc) is 3.41. The van der Waals surface area contributed by atoms with E-state index in [9.17, 15) is 14.4 Å². The van der Waals surface area contributed by atoms with Crippen LogP contribution in [0.25, 0.3) is 22.0 Å². The van der Waals surface area contributed by atoms with Gasteiger partial charge in [-0.15, -0.1) is 0 Å². The number of aromatic nitrogens is 2. The standard InChI is InChI=1S/C33H35N5O3/c1-33(2,3)29(36-30(39)27-17-22-11-7-8-12-25(22)35-27)32(41)38-19-24-15-16-37(20-28(24)38)31(40)26-14-13-23(18-34-26)21-9-5-4-6-10-21/h4-14,17-18,24,28-29,35H,15-16,19-20H2,1-3H3,(H,36,39)/t24?,28-,29+/m0/s1. The molecule has 0 aliphatic carbocycles. The number of pyridine rings is 1. The van der Waals surface area contributed by atoms with E-state index in [0.717, 1.165) is 28.5 Å². The Morgan fingerprint density at radius 2 is 1.71 bits per heavy atom. The van der Waals surface area contributed by atoms with Gasteiger partial charge >= 0.3 is 0 Å². The fourth-order valence-corrected chi connectivity index (χ4v) is 5.94. The van der Waals surface area contributed by atoms with Gasteiger partial charge in [0.2, 0.25) is 5.91 Å². The van der Waals surface area contributed by atoms with Crippen molar-refractivity contribution in [1.82, 2.24) is 25.1 Å². The molecule has 8 heteroatoms. The quantitative estimate of drug-likeness (QED) is 0.376. The molecule has 6 rings (SSSR count). The number of nitrogens with zero attached hydrogens (tertiary/aromatic N) is 3. The van der Waals surface area contributed by atoms with Crippen LogP contribution in [0.5, 0.6) is 0 Å². The molecule has 2 aliphatic heterocycles. The van der Waals surface area contributed by atoms with Crippen molar-refractivity contribution in [2.75, 3.05) is 19.6 Å². The number of para-hydroxylation sites is 1. The lowest BCUT2D eigenvalue weighted by atomic mass is 9.79. The van der Waals surface area contributed by atoms with Crippen LogP contribution in [-0.4, -0.2) is 69.2 Å². The van der Waals surface area contributed by atoms with Crippen molar-refractivity contribution in [2.24, 2.45) is 11.3 Å². The second-order valence-electron chi connectivity index (χ2n) is 12.2. The molecule has 3 atom stereocenters. The van der Waals surface area contributed by atoms with Crippen molar-refractivity contribution in [3.8, 4) is 11.1 Å². The number of benzene rings is 2. The molecule has 2 fully saturated rings. The summed E-state index contributed by atoms with van der Waals surface area (Å²) in [5.74, 6) is -0.192. The van der Waals surface area contributed by atoms with Gasteiger partial charge < -0.3 is 20.1 Å². The predicted octanol–water partition coefficient (Wildman–Crippen LogP) is 4.75.